The number of nitrogens with one attached hydrogen (secondary N) is 1. The molecule has 0 radical (unpaired) electrons. The maximum atomic E-state index is 13.8. The molecule has 1 aromatic heterocycles. The van der Waals surface area contributed by atoms with Gasteiger partial charge in [-0.05, 0) is 42.7 Å². The standard InChI is InChI=1S/C22H23FN2O3/c23-17-8-6-7-16(13-17)22(11-4-1-5-12-22)15-24-20(26)14-25-18-9-2-3-10-19(18)28-21(25)27/h2-3,6-10,13H,1,4-5,11-12,14-15H2,(H,24,26). The number of benzene rings is 2. The summed E-state index contributed by atoms with van der Waals surface area (Å²) in [4.78, 5) is 24.7. The number of rotatable bonds is 5. The van der Waals surface area contributed by atoms with Crippen molar-refractivity contribution >= 4 is 17.0 Å². The monoisotopic (exact) mass is 382 g/mol. The summed E-state index contributed by atoms with van der Waals surface area (Å²) in [6, 6.07) is 13.7. The topological polar surface area (TPSA) is 64.2 Å². The Morgan fingerprint density at radius 2 is 1.89 bits per heavy atom. The number of amides is 1. The van der Waals surface area contributed by atoms with Crippen LogP contribution in [0, 0.1) is 5.82 Å². The third-order valence-corrected chi connectivity index (χ3v) is 5.75. The number of halogens is 1. The molecule has 2 aromatic carbocycles. The number of fused-ring (bicyclic) bond motifs is 1. The van der Waals surface area contributed by atoms with Crippen LogP contribution in [0.15, 0.2) is 57.7 Å². The average Bonchev–Trinajstić information content (AvgIpc) is 3.02. The molecule has 0 spiro atoms. The van der Waals surface area contributed by atoms with Gasteiger partial charge >= 0.3 is 5.76 Å². The van der Waals surface area contributed by atoms with Crippen molar-refractivity contribution in [3.63, 3.8) is 0 Å². The van der Waals surface area contributed by atoms with E-state index in [2.05, 4.69) is 5.32 Å². The first-order valence-electron chi connectivity index (χ1n) is 9.69. The van der Waals surface area contributed by atoms with Crippen molar-refractivity contribution < 1.29 is 13.6 Å². The number of carbonyl (C=O) groups is 1. The minimum atomic E-state index is -0.547. The lowest BCUT2D eigenvalue weighted by Gasteiger charge is -2.38. The summed E-state index contributed by atoms with van der Waals surface area (Å²) in [7, 11) is 0. The molecule has 1 N–H and O–H groups in total. The number of oxazole rings is 1. The van der Waals surface area contributed by atoms with Gasteiger partial charge in [-0.1, -0.05) is 43.5 Å². The predicted octanol–water partition coefficient (Wildman–Crippen LogP) is 3.75. The van der Waals surface area contributed by atoms with E-state index in [1.807, 2.05) is 6.07 Å². The summed E-state index contributed by atoms with van der Waals surface area (Å²) in [5.74, 6) is -1.06. The average molecular weight is 382 g/mol. The molecule has 146 valence electrons. The molecule has 1 aliphatic rings. The zero-order valence-electron chi connectivity index (χ0n) is 15.6. The Morgan fingerprint density at radius 1 is 1.11 bits per heavy atom. The van der Waals surface area contributed by atoms with Crippen LogP contribution in [0.2, 0.25) is 0 Å². The molecule has 3 aromatic rings. The third-order valence-electron chi connectivity index (χ3n) is 5.75. The van der Waals surface area contributed by atoms with Gasteiger partial charge in [0, 0.05) is 12.0 Å². The number of carbonyl (C=O) groups excluding carboxylic acids is 1. The van der Waals surface area contributed by atoms with Crippen LogP contribution in [-0.4, -0.2) is 17.0 Å². The van der Waals surface area contributed by atoms with Gasteiger partial charge in [0.15, 0.2) is 5.58 Å². The Balaban J connectivity index is 1.52. The highest BCUT2D eigenvalue weighted by Gasteiger charge is 2.34. The molecule has 0 aliphatic heterocycles. The van der Waals surface area contributed by atoms with Gasteiger partial charge in [-0.25, -0.2) is 9.18 Å². The lowest BCUT2D eigenvalue weighted by molar-refractivity contribution is -0.122. The fraction of sp³-hybridized carbons (Fsp3) is 0.364. The van der Waals surface area contributed by atoms with Crippen LogP contribution in [0.1, 0.15) is 37.7 Å². The first-order valence-corrected chi connectivity index (χ1v) is 9.69. The SMILES string of the molecule is O=C(Cn1c(=O)oc2ccccc21)NCC1(c2cccc(F)c2)CCCCC1. The number of hydrogen-bond donors (Lipinski definition) is 1. The summed E-state index contributed by atoms with van der Waals surface area (Å²) < 4.78 is 20.3. The van der Waals surface area contributed by atoms with Gasteiger partial charge in [-0.3, -0.25) is 9.36 Å². The molecule has 0 bridgehead atoms. The summed E-state index contributed by atoms with van der Waals surface area (Å²) >= 11 is 0. The Morgan fingerprint density at radius 3 is 2.68 bits per heavy atom. The van der Waals surface area contributed by atoms with Crippen LogP contribution < -0.4 is 11.1 Å². The molecule has 1 heterocycles. The van der Waals surface area contributed by atoms with Crippen LogP contribution >= 0.6 is 0 Å². The van der Waals surface area contributed by atoms with E-state index < -0.39 is 5.76 Å². The minimum absolute atomic E-state index is 0.102. The van der Waals surface area contributed by atoms with Crippen LogP contribution in [0.25, 0.3) is 11.1 Å². The largest absolute Gasteiger partial charge is 0.420 e. The molecule has 4 rings (SSSR count). The molecule has 6 heteroatoms. The van der Waals surface area contributed by atoms with Crippen LogP contribution in [0.5, 0.6) is 0 Å². The number of aromatic nitrogens is 1. The van der Waals surface area contributed by atoms with Crippen LogP contribution in [0.3, 0.4) is 0 Å². The lowest BCUT2D eigenvalue weighted by atomic mass is 9.69. The predicted molar refractivity (Wildman–Crippen MR) is 105 cm³/mol. The summed E-state index contributed by atoms with van der Waals surface area (Å²) in [6.07, 6.45) is 5.08. The second-order valence-corrected chi connectivity index (χ2v) is 7.55. The molecular weight excluding hydrogens is 359 g/mol. The lowest BCUT2D eigenvalue weighted by Crippen LogP contribution is -2.43. The third kappa shape index (κ3) is 3.59. The van der Waals surface area contributed by atoms with E-state index in [0.717, 1.165) is 37.7 Å². The molecule has 0 unspecified atom stereocenters. The van der Waals surface area contributed by atoms with Crippen molar-refractivity contribution in [3.8, 4) is 0 Å². The number of hydrogen-bond acceptors (Lipinski definition) is 3. The van der Waals surface area contributed by atoms with E-state index in [4.69, 9.17) is 4.42 Å². The van der Waals surface area contributed by atoms with Gasteiger partial charge in [0.2, 0.25) is 5.91 Å². The minimum Gasteiger partial charge on any atom is -0.408 e. The molecule has 1 aliphatic carbocycles. The Kier molecular flexibility index (Phi) is 5.03. The molecule has 1 saturated carbocycles. The summed E-state index contributed by atoms with van der Waals surface area (Å²) in [5.41, 5.74) is 1.72. The van der Waals surface area contributed by atoms with Gasteiger partial charge in [-0.2, -0.15) is 0 Å². The zero-order valence-corrected chi connectivity index (χ0v) is 15.6. The summed E-state index contributed by atoms with van der Waals surface area (Å²) in [6.45, 7) is 0.328. The first kappa shape index (κ1) is 18.5. The maximum absolute atomic E-state index is 13.8. The van der Waals surface area contributed by atoms with E-state index in [9.17, 15) is 14.0 Å². The van der Waals surface area contributed by atoms with E-state index in [-0.39, 0.29) is 23.7 Å². The fourth-order valence-corrected chi connectivity index (χ4v) is 4.25. The number of nitrogens with zero attached hydrogens (tertiary/aromatic N) is 1. The van der Waals surface area contributed by atoms with E-state index in [1.54, 1.807) is 36.4 Å². The first-order chi connectivity index (χ1) is 13.6. The molecular formula is C22H23FN2O3. The molecule has 28 heavy (non-hydrogen) atoms. The van der Waals surface area contributed by atoms with E-state index in [1.165, 1.54) is 10.6 Å². The Bertz CT molecular complexity index is 1050. The van der Waals surface area contributed by atoms with E-state index in [0.29, 0.717) is 17.6 Å². The molecule has 0 saturated heterocycles. The van der Waals surface area contributed by atoms with Gasteiger partial charge in [-0.15, -0.1) is 0 Å². The quantitative estimate of drug-likeness (QED) is 0.731. The molecule has 1 amide bonds. The van der Waals surface area contributed by atoms with Gasteiger partial charge in [0.25, 0.3) is 0 Å². The van der Waals surface area contributed by atoms with Crippen LogP contribution in [-0.2, 0) is 16.8 Å². The van der Waals surface area contributed by atoms with Crippen LogP contribution in [0.4, 0.5) is 4.39 Å². The number of para-hydroxylation sites is 2. The zero-order chi connectivity index (χ0) is 19.6. The second-order valence-electron chi connectivity index (χ2n) is 7.55. The normalized spacial score (nSPS) is 16.2. The highest BCUT2D eigenvalue weighted by Crippen LogP contribution is 2.39. The van der Waals surface area contributed by atoms with Crippen molar-refractivity contribution in [2.45, 2.75) is 44.1 Å². The highest BCUT2D eigenvalue weighted by atomic mass is 19.1. The van der Waals surface area contributed by atoms with Crippen molar-refractivity contribution in [1.29, 1.82) is 0 Å². The fourth-order valence-electron chi connectivity index (χ4n) is 4.25. The molecule has 0 atom stereocenters. The molecule has 1 fully saturated rings. The van der Waals surface area contributed by atoms with Crippen molar-refractivity contribution in [2.75, 3.05) is 6.54 Å². The van der Waals surface area contributed by atoms with Crippen molar-refractivity contribution in [3.05, 3.63) is 70.5 Å². The Labute approximate surface area is 162 Å². The maximum Gasteiger partial charge on any atom is 0.420 e. The highest BCUT2D eigenvalue weighted by molar-refractivity contribution is 5.79. The van der Waals surface area contributed by atoms with Gasteiger partial charge in [0.1, 0.15) is 12.4 Å². The molecule has 5 nitrogen and oxygen atoms in total. The van der Waals surface area contributed by atoms with Crippen molar-refractivity contribution in [1.82, 2.24) is 9.88 Å². The van der Waals surface area contributed by atoms with Crippen molar-refractivity contribution in [2.24, 2.45) is 0 Å². The van der Waals surface area contributed by atoms with Gasteiger partial charge < -0.3 is 9.73 Å². The summed E-state index contributed by atoms with van der Waals surface area (Å²) in [5, 5.41) is 2.98. The Hall–Kier alpha value is -2.89. The van der Waals surface area contributed by atoms with E-state index >= 15 is 0 Å². The smallest absolute Gasteiger partial charge is 0.408 e. The van der Waals surface area contributed by atoms with Gasteiger partial charge in [0.05, 0.1) is 5.52 Å². The second kappa shape index (κ2) is 7.62.